The first-order chi connectivity index (χ1) is 9.55. The van der Waals surface area contributed by atoms with E-state index in [0.29, 0.717) is 13.1 Å². The summed E-state index contributed by atoms with van der Waals surface area (Å²) in [5.74, 6) is -0.752. The maximum atomic E-state index is 11.5. The summed E-state index contributed by atoms with van der Waals surface area (Å²) >= 11 is 0. The average molecular weight is 283 g/mol. The van der Waals surface area contributed by atoms with Gasteiger partial charge in [-0.05, 0) is 26.3 Å². The van der Waals surface area contributed by atoms with Crippen LogP contribution in [0, 0.1) is 0 Å². The van der Waals surface area contributed by atoms with Gasteiger partial charge in [0.05, 0.1) is 0 Å². The van der Waals surface area contributed by atoms with Crippen LogP contribution in [0.2, 0.25) is 0 Å². The van der Waals surface area contributed by atoms with E-state index in [1.165, 1.54) is 25.7 Å². The number of carboxylic acid groups (broad SMARTS) is 1. The maximum absolute atomic E-state index is 11.5. The first kappa shape index (κ1) is 15.7. The van der Waals surface area contributed by atoms with Crippen LogP contribution < -0.4 is 5.32 Å². The molecule has 5 nitrogen and oxygen atoms in total. The van der Waals surface area contributed by atoms with Gasteiger partial charge in [0, 0.05) is 38.8 Å². The monoisotopic (exact) mass is 283 g/mol. The lowest BCUT2D eigenvalue weighted by molar-refractivity contribution is -0.145. The number of rotatable bonds is 6. The van der Waals surface area contributed by atoms with E-state index in [2.05, 4.69) is 15.1 Å². The molecule has 116 valence electrons. The highest BCUT2D eigenvalue weighted by molar-refractivity contribution is 5.78. The summed E-state index contributed by atoms with van der Waals surface area (Å²) in [6, 6.07) is 0.789. The normalized spacial score (nSPS) is 25.7. The third kappa shape index (κ3) is 3.71. The quantitative estimate of drug-likeness (QED) is 0.761. The fourth-order valence-corrected chi connectivity index (χ4v) is 3.59. The van der Waals surface area contributed by atoms with Gasteiger partial charge in [-0.2, -0.15) is 0 Å². The standard InChI is InChI=1S/C15H29N3O2/c1-3-16-15(2,14(19)20)12-17-8-10-18(11-9-17)13-6-4-5-7-13/h13,16H,3-12H2,1-2H3,(H,19,20). The summed E-state index contributed by atoms with van der Waals surface area (Å²) < 4.78 is 0. The first-order valence-corrected chi connectivity index (χ1v) is 8.00. The molecule has 2 rings (SSSR count). The van der Waals surface area contributed by atoms with E-state index in [1.54, 1.807) is 6.92 Å². The lowest BCUT2D eigenvalue weighted by Crippen LogP contribution is -2.60. The van der Waals surface area contributed by atoms with Crippen molar-refractivity contribution >= 4 is 5.97 Å². The number of carboxylic acids is 1. The zero-order valence-electron chi connectivity index (χ0n) is 12.9. The van der Waals surface area contributed by atoms with Gasteiger partial charge in [-0.1, -0.05) is 19.8 Å². The fraction of sp³-hybridized carbons (Fsp3) is 0.933. The van der Waals surface area contributed by atoms with Crippen molar-refractivity contribution in [3.8, 4) is 0 Å². The van der Waals surface area contributed by atoms with E-state index >= 15 is 0 Å². The van der Waals surface area contributed by atoms with Gasteiger partial charge in [-0.15, -0.1) is 0 Å². The van der Waals surface area contributed by atoms with Crippen molar-refractivity contribution < 1.29 is 9.90 Å². The molecule has 1 aliphatic heterocycles. The Hall–Kier alpha value is -0.650. The van der Waals surface area contributed by atoms with Crippen molar-refractivity contribution in [2.24, 2.45) is 0 Å². The zero-order chi connectivity index (χ0) is 14.6. The molecule has 0 radical (unpaired) electrons. The number of aliphatic carboxylic acids is 1. The third-order valence-electron chi connectivity index (χ3n) is 4.83. The Morgan fingerprint density at radius 3 is 2.35 bits per heavy atom. The maximum Gasteiger partial charge on any atom is 0.324 e. The van der Waals surface area contributed by atoms with Crippen LogP contribution >= 0.6 is 0 Å². The molecular weight excluding hydrogens is 254 g/mol. The van der Waals surface area contributed by atoms with Crippen LogP contribution in [0.3, 0.4) is 0 Å². The van der Waals surface area contributed by atoms with E-state index in [-0.39, 0.29) is 0 Å². The molecule has 1 heterocycles. The van der Waals surface area contributed by atoms with E-state index in [0.717, 1.165) is 32.2 Å². The molecule has 2 fully saturated rings. The number of nitrogens with zero attached hydrogens (tertiary/aromatic N) is 2. The summed E-state index contributed by atoms with van der Waals surface area (Å²) in [5.41, 5.74) is -0.829. The van der Waals surface area contributed by atoms with Crippen LogP contribution in [0.15, 0.2) is 0 Å². The number of hydrogen-bond acceptors (Lipinski definition) is 4. The van der Waals surface area contributed by atoms with E-state index in [1.807, 2.05) is 6.92 Å². The summed E-state index contributed by atoms with van der Waals surface area (Å²) in [6.45, 7) is 9.19. The van der Waals surface area contributed by atoms with Gasteiger partial charge in [-0.25, -0.2) is 0 Å². The van der Waals surface area contributed by atoms with E-state index in [9.17, 15) is 9.90 Å². The molecule has 1 unspecified atom stereocenters. The third-order valence-corrected chi connectivity index (χ3v) is 4.83. The zero-order valence-corrected chi connectivity index (χ0v) is 12.9. The minimum atomic E-state index is -0.829. The largest absolute Gasteiger partial charge is 0.480 e. The number of nitrogens with one attached hydrogen (secondary N) is 1. The van der Waals surface area contributed by atoms with Gasteiger partial charge in [0.25, 0.3) is 0 Å². The highest BCUT2D eigenvalue weighted by Gasteiger charge is 2.35. The van der Waals surface area contributed by atoms with Crippen LogP contribution in [0.25, 0.3) is 0 Å². The van der Waals surface area contributed by atoms with Gasteiger partial charge < -0.3 is 10.4 Å². The highest BCUT2D eigenvalue weighted by atomic mass is 16.4. The molecule has 0 amide bonds. The average Bonchev–Trinajstić information content (AvgIpc) is 2.93. The molecule has 2 aliphatic rings. The molecule has 0 aromatic rings. The van der Waals surface area contributed by atoms with Gasteiger partial charge >= 0.3 is 5.97 Å². The van der Waals surface area contributed by atoms with Crippen molar-refractivity contribution in [1.29, 1.82) is 0 Å². The summed E-state index contributed by atoms with van der Waals surface area (Å²) in [5, 5.41) is 12.5. The Morgan fingerprint density at radius 2 is 1.85 bits per heavy atom. The van der Waals surface area contributed by atoms with Crippen molar-refractivity contribution in [2.75, 3.05) is 39.3 Å². The molecule has 0 aromatic carbocycles. The molecule has 1 saturated carbocycles. The van der Waals surface area contributed by atoms with E-state index < -0.39 is 11.5 Å². The van der Waals surface area contributed by atoms with Gasteiger partial charge in [0.2, 0.25) is 0 Å². The molecule has 2 N–H and O–H groups in total. The predicted molar refractivity (Wildman–Crippen MR) is 80.0 cm³/mol. The van der Waals surface area contributed by atoms with Crippen LogP contribution in [0.4, 0.5) is 0 Å². The lowest BCUT2D eigenvalue weighted by atomic mass is 10.0. The van der Waals surface area contributed by atoms with E-state index in [4.69, 9.17) is 0 Å². The Kier molecular flexibility index (Phi) is 5.41. The predicted octanol–water partition coefficient (Wildman–Crippen LogP) is 0.999. The lowest BCUT2D eigenvalue weighted by Gasteiger charge is -2.41. The second-order valence-corrected chi connectivity index (χ2v) is 6.42. The SMILES string of the molecule is CCNC(C)(CN1CCN(C2CCCC2)CC1)C(=O)O. The van der Waals surface area contributed by atoms with Crippen molar-refractivity contribution in [1.82, 2.24) is 15.1 Å². The summed E-state index contributed by atoms with van der Waals surface area (Å²) in [7, 11) is 0. The van der Waals surface area contributed by atoms with Crippen molar-refractivity contribution in [3.63, 3.8) is 0 Å². The van der Waals surface area contributed by atoms with Crippen LogP contribution in [0.5, 0.6) is 0 Å². The molecule has 0 bridgehead atoms. The van der Waals surface area contributed by atoms with Crippen LogP contribution in [-0.2, 0) is 4.79 Å². The topological polar surface area (TPSA) is 55.8 Å². The number of hydrogen-bond donors (Lipinski definition) is 2. The van der Waals surface area contributed by atoms with Gasteiger partial charge in [-0.3, -0.25) is 14.6 Å². The fourth-order valence-electron chi connectivity index (χ4n) is 3.59. The molecule has 0 spiro atoms. The summed E-state index contributed by atoms with van der Waals surface area (Å²) in [6.07, 6.45) is 5.46. The second-order valence-electron chi connectivity index (χ2n) is 6.42. The summed E-state index contributed by atoms with van der Waals surface area (Å²) in [4.78, 5) is 16.4. The highest BCUT2D eigenvalue weighted by Crippen LogP contribution is 2.24. The minimum absolute atomic E-state index is 0.592. The molecule has 1 aliphatic carbocycles. The molecule has 0 aromatic heterocycles. The minimum Gasteiger partial charge on any atom is -0.480 e. The van der Waals surface area contributed by atoms with Crippen molar-refractivity contribution in [3.05, 3.63) is 0 Å². The van der Waals surface area contributed by atoms with Gasteiger partial charge in [0.1, 0.15) is 5.54 Å². The molecule has 5 heteroatoms. The smallest absolute Gasteiger partial charge is 0.324 e. The molecule has 1 atom stereocenters. The van der Waals surface area contributed by atoms with Crippen molar-refractivity contribution in [2.45, 2.75) is 51.1 Å². The Balaban J connectivity index is 1.82. The number of likely N-dealkylation sites (N-methyl/N-ethyl adjacent to an activating group) is 1. The number of piperazine rings is 1. The second kappa shape index (κ2) is 6.87. The molecule has 20 heavy (non-hydrogen) atoms. The Bertz CT molecular complexity index is 323. The van der Waals surface area contributed by atoms with Crippen LogP contribution in [-0.4, -0.2) is 71.7 Å². The van der Waals surface area contributed by atoms with Gasteiger partial charge in [0.15, 0.2) is 0 Å². The Morgan fingerprint density at radius 1 is 1.25 bits per heavy atom. The molecular formula is C15H29N3O2. The first-order valence-electron chi connectivity index (χ1n) is 8.00. The van der Waals surface area contributed by atoms with Crippen LogP contribution in [0.1, 0.15) is 39.5 Å². The molecule has 1 saturated heterocycles. The number of carbonyl (C=O) groups is 1. The Labute approximate surface area is 122 Å².